The normalized spacial score (nSPS) is 11.6. The summed E-state index contributed by atoms with van der Waals surface area (Å²) in [5.41, 5.74) is 7.11. The maximum absolute atomic E-state index is 13.3. The van der Waals surface area contributed by atoms with Crippen molar-refractivity contribution in [3.05, 3.63) is 70.0 Å². The summed E-state index contributed by atoms with van der Waals surface area (Å²) < 4.78 is 37.9. The van der Waals surface area contributed by atoms with Gasteiger partial charge < -0.3 is 5.73 Å². The number of hydrogen-bond donors (Lipinski definition) is 1. The van der Waals surface area contributed by atoms with Crippen LogP contribution in [0.15, 0.2) is 42.5 Å². The van der Waals surface area contributed by atoms with Crippen molar-refractivity contribution in [3.63, 3.8) is 0 Å². The predicted octanol–water partition coefficient (Wildman–Crippen LogP) is 3.05. The number of hydrogen-bond acceptors (Lipinski definition) is 3. The molecule has 21 heavy (non-hydrogen) atoms. The minimum absolute atomic E-state index is 0.164. The molecule has 2 aromatic rings. The first kappa shape index (κ1) is 15.9. The van der Waals surface area contributed by atoms with Crippen LogP contribution in [0.5, 0.6) is 0 Å². The third-order valence-electron chi connectivity index (χ3n) is 3.10. The maximum atomic E-state index is 13.3. The molecule has 0 saturated heterocycles. The second-order valence-electron chi connectivity index (χ2n) is 4.74. The molecule has 2 rings (SSSR count). The lowest BCUT2D eigenvalue weighted by molar-refractivity contribution is 0.593. The molecule has 0 aliphatic carbocycles. The van der Waals surface area contributed by atoms with E-state index in [0.29, 0.717) is 21.7 Å². The zero-order valence-corrected chi connectivity index (χ0v) is 12.8. The number of sulfone groups is 1. The largest absolute Gasteiger partial charge is 0.326 e. The number of halogens is 2. The molecule has 0 amide bonds. The fourth-order valence-corrected chi connectivity index (χ4v) is 3.92. The van der Waals surface area contributed by atoms with E-state index in [2.05, 4.69) is 0 Å². The predicted molar refractivity (Wildman–Crippen MR) is 82.1 cm³/mol. The second-order valence-corrected chi connectivity index (χ2v) is 7.21. The number of benzene rings is 2. The average molecular weight is 328 g/mol. The first-order valence-corrected chi connectivity index (χ1v) is 8.52. The minimum Gasteiger partial charge on any atom is -0.326 e. The zero-order valence-electron chi connectivity index (χ0n) is 11.2. The van der Waals surface area contributed by atoms with Gasteiger partial charge in [-0.15, -0.1) is 0 Å². The van der Waals surface area contributed by atoms with Crippen LogP contribution in [-0.4, -0.2) is 8.42 Å². The Morgan fingerprint density at radius 2 is 1.67 bits per heavy atom. The van der Waals surface area contributed by atoms with E-state index in [9.17, 15) is 12.8 Å². The molecule has 0 aliphatic heterocycles. The molecule has 0 saturated carbocycles. The van der Waals surface area contributed by atoms with Crippen LogP contribution in [0, 0.1) is 5.82 Å². The molecule has 0 spiro atoms. The minimum atomic E-state index is -3.47. The summed E-state index contributed by atoms with van der Waals surface area (Å²) >= 11 is 5.97. The van der Waals surface area contributed by atoms with Crippen LogP contribution in [0.3, 0.4) is 0 Å². The van der Waals surface area contributed by atoms with E-state index < -0.39 is 15.7 Å². The Morgan fingerprint density at radius 1 is 1.00 bits per heavy atom. The highest BCUT2D eigenvalue weighted by molar-refractivity contribution is 7.89. The van der Waals surface area contributed by atoms with Gasteiger partial charge in [0.05, 0.1) is 11.5 Å². The van der Waals surface area contributed by atoms with Crippen molar-refractivity contribution in [2.45, 2.75) is 18.1 Å². The average Bonchev–Trinajstić information content (AvgIpc) is 2.41. The summed E-state index contributed by atoms with van der Waals surface area (Å²) in [6.07, 6.45) is 0. The molecule has 2 N–H and O–H groups in total. The van der Waals surface area contributed by atoms with E-state index in [1.807, 2.05) is 0 Å². The first-order chi connectivity index (χ1) is 9.91. The fourth-order valence-electron chi connectivity index (χ4n) is 2.07. The highest BCUT2D eigenvalue weighted by Crippen LogP contribution is 2.21. The van der Waals surface area contributed by atoms with E-state index >= 15 is 0 Å². The number of rotatable bonds is 5. The summed E-state index contributed by atoms with van der Waals surface area (Å²) in [6, 6.07) is 10.8. The molecule has 3 nitrogen and oxygen atoms in total. The molecular formula is C15H15ClFNO2S. The van der Waals surface area contributed by atoms with Gasteiger partial charge in [0.25, 0.3) is 0 Å². The molecule has 6 heteroatoms. The van der Waals surface area contributed by atoms with Gasteiger partial charge in [0.1, 0.15) is 5.82 Å². The van der Waals surface area contributed by atoms with Gasteiger partial charge in [0, 0.05) is 11.6 Å². The van der Waals surface area contributed by atoms with Crippen molar-refractivity contribution in [1.29, 1.82) is 0 Å². The van der Waals surface area contributed by atoms with Crippen LogP contribution in [0.25, 0.3) is 0 Å². The molecule has 0 bridgehead atoms. The molecular weight excluding hydrogens is 313 g/mol. The summed E-state index contributed by atoms with van der Waals surface area (Å²) in [5.74, 6) is -0.925. The van der Waals surface area contributed by atoms with Gasteiger partial charge in [-0.2, -0.15) is 0 Å². The van der Waals surface area contributed by atoms with E-state index in [-0.39, 0.29) is 18.1 Å². The van der Waals surface area contributed by atoms with Gasteiger partial charge in [0.2, 0.25) is 0 Å². The van der Waals surface area contributed by atoms with E-state index in [1.54, 1.807) is 24.3 Å². The van der Waals surface area contributed by atoms with Gasteiger partial charge in [-0.25, -0.2) is 12.8 Å². The summed E-state index contributed by atoms with van der Waals surface area (Å²) in [4.78, 5) is 0. The smallest absolute Gasteiger partial charge is 0.158 e. The lowest BCUT2D eigenvalue weighted by Gasteiger charge is -2.10. The van der Waals surface area contributed by atoms with Crippen molar-refractivity contribution >= 4 is 21.4 Å². The highest BCUT2D eigenvalue weighted by Gasteiger charge is 2.17. The van der Waals surface area contributed by atoms with Gasteiger partial charge in [-0.3, -0.25) is 0 Å². The van der Waals surface area contributed by atoms with Crippen LogP contribution < -0.4 is 5.73 Å². The van der Waals surface area contributed by atoms with Crippen molar-refractivity contribution in [1.82, 2.24) is 0 Å². The van der Waals surface area contributed by atoms with Crippen molar-refractivity contribution in [2.75, 3.05) is 0 Å². The van der Waals surface area contributed by atoms with E-state index in [4.69, 9.17) is 17.3 Å². The molecule has 0 unspecified atom stereocenters. The van der Waals surface area contributed by atoms with E-state index in [1.165, 1.54) is 18.2 Å². The van der Waals surface area contributed by atoms with Gasteiger partial charge in [-0.1, -0.05) is 35.9 Å². The summed E-state index contributed by atoms with van der Waals surface area (Å²) in [6.45, 7) is 0.164. The lowest BCUT2D eigenvalue weighted by atomic mass is 10.1. The Hall–Kier alpha value is -1.43. The fraction of sp³-hybridized carbons (Fsp3) is 0.200. The molecule has 0 radical (unpaired) electrons. The summed E-state index contributed by atoms with van der Waals surface area (Å²) in [7, 11) is -3.47. The van der Waals surface area contributed by atoms with Crippen LogP contribution in [0.2, 0.25) is 5.02 Å². The van der Waals surface area contributed by atoms with Crippen molar-refractivity contribution in [2.24, 2.45) is 5.73 Å². The maximum Gasteiger partial charge on any atom is 0.158 e. The Morgan fingerprint density at radius 3 is 2.33 bits per heavy atom. The summed E-state index contributed by atoms with van der Waals surface area (Å²) in [5, 5.41) is 0.402. The molecule has 0 fully saturated rings. The molecule has 0 heterocycles. The Balaban J connectivity index is 2.26. The lowest BCUT2D eigenvalue weighted by Crippen LogP contribution is -2.11. The Labute approximate surface area is 128 Å². The Bertz CT molecular complexity index is 747. The monoisotopic (exact) mass is 327 g/mol. The van der Waals surface area contributed by atoms with Gasteiger partial charge in [-0.05, 0) is 34.9 Å². The molecule has 2 aromatic carbocycles. The third kappa shape index (κ3) is 4.27. The molecule has 0 aliphatic rings. The number of nitrogens with two attached hydrogens (primary N) is 1. The quantitative estimate of drug-likeness (QED) is 0.918. The molecule has 0 aromatic heterocycles. The van der Waals surface area contributed by atoms with Crippen LogP contribution in [0.4, 0.5) is 4.39 Å². The highest BCUT2D eigenvalue weighted by atomic mass is 35.5. The zero-order chi connectivity index (χ0) is 15.5. The van der Waals surface area contributed by atoms with Crippen molar-refractivity contribution in [3.8, 4) is 0 Å². The van der Waals surface area contributed by atoms with Gasteiger partial charge >= 0.3 is 0 Å². The van der Waals surface area contributed by atoms with Crippen molar-refractivity contribution < 1.29 is 12.8 Å². The SMILES string of the molecule is NCc1ccc(F)cc1CS(=O)(=O)Cc1ccccc1Cl. The Kier molecular flexibility index (Phi) is 4.98. The second kappa shape index (κ2) is 6.56. The van der Waals surface area contributed by atoms with Crippen LogP contribution >= 0.6 is 11.6 Å². The van der Waals surface area contributed by atoms with Gasteiger partial charge in [0.15, 0.2) is 9.84 Å². The molecule has 112 valence electrons. The van der Waals surface area contributed by atoms with Crippen LogP contribution in [0.1, 0.15) is 16.7 Å². The standard InChI is InChI=1S/C15H15ClFNO2S/c16-15-4-2-1-3-12(15)9-21(19,20)10-13-7-14(17)6-5-11(13)8-18/h1-7H,8-10,18H2. The van der Waals surface area contributed by atoms with E-state index in [0.717, 1.165) is 0 Å². The first-order valence-electron chi connectivity index (χ1n) is 6.32. The van der Waals surface area contributed by atoms with Crippen LogP contribution in [-0.2, 0) is 27.9 Å². The molecule has 0 atom stereocenters. The third-order valence-corrected chi connectivity index (χ3v) is 4.97. The topological polar surface area (TPSA) is 60.2 Å².